The van der Waals surface area contributed by atoms with Crippen LogP contribution in [0, 0.1) is 20.8 Å². The number of halogens is 1. The number of hydrogen-bond donors (Lipinski definition) is 1. The molecule has 0 aliphatic carbocycles. The number of carbonyl (C=O) groups excluding carboxylic acids is 2. The third-order valence-corrected chi connectivity index (χ3v) is 3.94. The second-order valence-electron chi connectivity index (χ2n) is 5.39. The molecule has 1 amide bonds. The van der Waals surface area contributed by atoms with Crippen LogP contribution in [0.1, 0.15) is 27.0 Å². The van der Waals surface area contributed by atoms with E-state index < -0.39 is 11.9 Å². The maximum Gasteiger partial charge on any atom is 0.338 e. The minimum atomic E-state index is -0.523. The van der Waals surface area contributed by atoms with Crippen molar-refractivity contribution in [3.63, 3.8) is 0 Å². The van der Waals surface area contributed by atoms with Crippen LogP contribution < -0.4 is 5.32 Å². The molecule has 2 rings (SSSR count). The van der Waals surface area contributed by atoms with Gasteiger partial charge in [-0.15, -0.1) is 0 Å². The van der Waals surface area contributed by atoms with E-state index in [-0.39, 0.29) is 6.61 Å². The van der Waals surface area contributed by atoms with Crippen LogP contribution in [0.2, 0.25) is 5.02 Å². The summed E-state index contributed by atoms with van der Waals surface area (Å²) in [5, 5.41) is 3.20. The number of ether oxygens (including phenoxy) is 1. The van der Waals surface area contributed by atoms with E-state index in [2.05, 4.69) is 5.32 Å². The fourth-order valence-electron chi connectivity index (χ4n) is 1.95. The van der Waals surface area contributed by atoms with Gasteiger partial charge >= 0.3 is 5.97 Å². The molecule has 0 heterocycles. The Hall–Kier alpha value is -2.33. The SMILES string of the molecule is Cc1ccc(C(=O)OCC(=O)Nc2ccc(C)c(Cl)c2)cc1C. The van der Waals surface area contributed by atoms with E-state index in [4.69, 9.17) is 16.3 Å². The van der Waals surface area contributed by atoms with Gasteiger partial charge in [0, 0.05) is 10.7 Å². The largest absolute Gasteiger partial charge is 0.452 e. The number of carbonyl (C=O) groups is 2. The highest BCUT2D eigenvalue weighted by molar-refractivity contribution is 6.31. The number of esters is 1. The number of amides is 1. The summed E-state index contributed by atoms with van der Waals surface area (Å²) < 4.78 is 5.03. The monoisotopic (exact) mass is 331 g/mol. The van der Waals surface area contributed by atoms with Crippen LogP contribution in [0.4, 0.5) is 5.69 Å². The fraction of sp³-hybridized carbons (Fsp3) is 0.222. The molecule has 2 aromatic rings. The first-order valence-electron chi connectivity index (χ1n) is 7.17. The average molecular weight is 332 g/mol. The zero-order chi connectivity index (χ0) is 17.0. The van der Waals surface area contributed by atoms with Gasteiger partial charge in [-0.1, -0.05) is 23.7 Å². The lowest BCUT2D eigenvalue weighted by Crippen LogP contribution is -2.21. The molecule has 0 aromatic heterocycles. The molecule has 120 valence electrons. The topological polar surface area (TPSA) is 55.4 Å². The molecule has 0 saturated heterocycles. The summed E-state index contributed by atoms with van der Waals surface area (Å²) in [5.41, 5.74) is 4.01. The van der Waals surface area contributed by atoms with Crippen LogP contribution in [0.5, 0.6) is 0 Å². The third kappa shape index (κ3) is 4.57. The van der Waals surface area contributed by atoms with Gasteiger partial charge in [-0.2, -0.15) is 0 Å². The zero-order valence-electron chi connectivity index (χ0n) is 13.3. The summed E-state index contributed by atoms with van der Waals surface area (Å²) in [6.07, 6.45) is 0. The minimum absolute atomic E-state index is 0.350. The van der Waals surface area contributed by atoms with Gasteiger partial charge in [0.15, 0.2) is 6.61 Å². The summed E-state index contributed by atoms with van der Waals surface area (Å²) in [6.45, 7) is 5.40. The van der Waals surface area contributed by atoms with E-state index in [0.29, 0.717) is 16.3 Å². The van der Waals surface area contributed by atoms with Crippen molar-refractivity contribution in [2.75, 3.05) is 11.9 Å². The molecule has 0 saturated carbocycles. The van der Waals surface area contributed by atoms with Gasteiger partial charge in [-0.05, 0) is 61.7 Å². The number of rotatable bonds is 4. The standard InChI is InChI=1S/C18H18ClNO3/c1-11-4-6-14(8-13(11)3)18(22)23-10-17(21)20-15-7-5-12(2)16(19)9-15/h4-9H,10H2,1-3H3,(H,20,21). The Morgan fingerprint density at radius 2 is 1.70 bits per heavy atom. The Morgan fingerprint density at radius 3 is 2.35 bits per heavy atom. The number of benzene rings is 2. The van der Waals surface area contributed by atoms with Crippen LogP contribution in [0.15, 0.2) is 36.4 Å². The number of aryl methyl sites for hydroxylation is 3. The van der Waals surface area contributed by atoms with Crippen LogP contribution in [-0.2, 0) is 9.53 Å². The smallest absolute Gasteiger partial charge is 0.338 e. The Bertz CT molecular complexity index is 756. The molecule has 23 heavy (non-hydrogen) atoms. The van der Waals surface area contributed by atoms with Gasteiger partial charge in [0.1, 0.15) is 0 Å². The fourth-order valence-corrected chi connectivity index (χ4v) is 2.13. The summed E-state index contributed by atoms with van der Waals surface area (Å²) in [6, 6.07) is 10.5. The predicted molar refractivity (Wildman–Crippen MR) is 91.0 cm³/mol. The van der Waals surface area contributed by atoms with Crippen molar-refractivity contribution >= 4 is 29.2 Å². The summed E-state index contributed by atoms with van der Waals surface area (Å²) in [5.74, 6) is -0.938. The van der Waals surface area contributed by atoms with Gasteiger partial charge < -0.3 is 10.1 Å². The number of nitrogens with one attached hydrogen (secondary N) is 1. The molecule has 0 spiro atoms. The normalized spacial score (nSPS) is 10.3. The van der Waals surface area contributed by atoms with Crippen molar-refractivity contribution in [1.82, 2.24) is 0 Å². The highest BCUT2D eigenvalue weighted by Gasteiger charge is 2.11. The molecule has 0 atom stereocenters. The van der Waals surface area contributed by atoms with Crippen molar-refractivity contribution in [3.05, 3.63) is 63.7 Å². The maximum absolute atomic E-state index is 11.9. The molecule has 0 aliphatic rings. The second kappa shape index (κ2) is 7.29. The highest BCUT2D eigenvalue weighted by Crippen LogP contribution is 2.19. The second-order valence-corrected chi connectivity index (χ2v) is 5.79. The maximum atomic E-state index is 11.9. The number of anilines is 1. The van der Waals surface area contributed by atoms with Crippen LogP contribution in [0.25, 0.3) is 0 Å². The van der Waals surface area contributed by atoms with Crippen molar-refractivity contribution in [3.8, 4) is 0 Å². The third-order valence-electron chi connectivity index (χ3n) is 3.53. The van der Waals surface area contributed by atoms with E-state index in [0.717, 1.165) is 16.7 Å². The van der Waals surface area contributed by atoms with Gasteiger partial charge in [0.25, 0.3) is 5.91 Å². The Balaban J connectivity index is 1.91. The molecular formula is C18H18ClNO3. The van der Waals surface area contributed by atoms with Crippen molar-refractivity contribution in [2.45, 2.75) is 20.8 Å². The Kier molecular flexibility index (Phi) is 5.40. The summed E-state index contributed by atoms with van der Waals surface area (Å²) in [4.78, 5) is 23.8. The molecule has 0 bridgehead atoms. The van der Waals surface area contributed by atoms with E-state index >= 15 is 0 Å². The molecule has 2 aromatic carbocycles. The van der Waals surface area contributed by atoms with Crippen LogP contribution in [0.3, 0.4) is 0 Å². The molecule has 0 aliphatic heterocycles. The first kappa shape index (κ1) is 17.0. The van der Waals surface area contributed by atoms with Crippen molar-refractivity contribution < 1.29 is 14.3 Å². The zero-order valence-corrected chi connectivity index (χ0v) is 14.0. The lowest BCUT2D eigenvalue weighted by molar-refractivity contribution is -0.119. The molecule has 0 unspecified atom stereocenters. The average Bonchev–Trinajstić information content (AvgIpc) is 2.51. The van der Waals surface area contributed by atoms with Gasteiger partial charge in [-0.25, -0.2) is 4.79 Å². The Labute approximate surface area is 140 Å². The molecule has 0 fully saturated rings. The van der Waals surface area contributed by atoms with E-state index in [1.165, 1.54) is 0 Å². The van der Waals surface area contributed by atoms with E-state index in [1.54, 1.807) is 30.3 Å². The molecule has 5 heteroatoms. The lowest BCUT2D eigenvalue weighted by Gasteiger charge is -2.08. The van der Waals surface area contributed by atoms with Gasteiger partial charge in [0.2, 0.25) is 0 Å². The predicted octanol–water partition coefficient (Wildman–Crippen LogP) is 4.06. The van der Waals surface area contributed by atoms with E-state index in [1.807, 2.05) is 26.8 Å². The first-order valence-corrected chi connectivity index (χ1v) is 7.55. The lowest BCUT2D eigenvalue weighted by atomic mass is 10.1. The molecular weight excluding hydrogens is 314 g/mol. The van der Waals surface area contributed by atoms with Crippen molar-refractivity contribution in [1.29, 1.82) is 0 Å². The Morgan fingerprint density at radius 1 is 1.00 bits per heavy atom. The molecule has 4 nitrogen and oxygen atoms in total. The van der Waals surface area contributed by atoms with Crippen LogP contribution in [-0.4, -0.2) is 18.5 Å². The quantitative estimate of drug-likeness (QED) is 0.859. The minimum Gasteiger partial charge on any atom is -0.452 e. The van der Waals surface area contributed by atoms with Crippen molar-refractivity contribution in [2.24, 2.45) is 0 Å². The van der Waals surface area contributed by atoms with Gasteiger partial charge in [-0.3, -0.25) is 4.79 Å². The summed E-state index contributed by atoms with van der Waals surface area (Å²) in [7, 11) is 0. The molecule has 1 N–H and O–H groups in total. The van der Waals surface area contributed by atoms with Gasteiger partial charge in [0.05, 0.1) is 5.56 Å². The summed E-state index contributed by atoms with van der Waals surface area (Å²) >= 11 is 6.00. The van der Waals surface area contributed by atoms with Crippen LogP contribution >= 0.6 is 11.6 Å². The first-order chi connectivity index (χ1) is 10.9. The number of hydrogen-bond acceptors (Lipinski definition) is 3. The highest BCUT2D eigenvalue weighted by atomic mass is 35.5. The molecule has 0 radical (unpaired) electrons. The van der Waals surface area contributed by atoms with E-state index in [9.17, 15) is 9.59 Å².